The third-order valence-corrected chi connectivity index (χ3v) is 6.99. The predicted molar refractivity (Wildman–Crippen MR) is 88.5 cm³/mol. The first kappa shape index (κ1) is 16.5. The summed E-state index contributed by atoms with van der Waals surface area (Å²) in [6, 6.07) is 5.24. The Labute approximate surface area is 138 Å². The van der Waals surface area contributed by atoms with E-state index in [0.29, 0.717) is 37.0 Å². The van der Waals surface area contributed by atoms with E-state index >= 15 is 0 Å². The number of hydrogen-bond donors (Lipinski definition) is 0. The number of nitrogens with zero attached hydrogens (tertiary/aromatic N) is 2. The lowest BCUT2D eigenvalue weighted by Crippen LogP contribution is -2.51. The number of hydrogen-bond acceptors (Lipinski definition) is 3. The van der Waals surface area contributed by atoms with Gasteiger partial charge in [0, 0.05) is 32.1 Å². The number of sulfonamides is 1. The average molecular weight is 336 g/mol. The molecule has 1 aromatic carbocycles. The maximum absolute atomic E-state index is 12.7. The van der Waals surface area contributed by atoms with Gasteiger partial charge in [-0.05, 0) is 49.4 Å². The maximum atomic E-state index is 12.7. The lowest BCUT2D eigenvalue weighted by Gasteiger charge is -2.34. The summed E-state index contributed by atoms with van der Waals surface area (Å²) in [4.78, 5) is 14.4. The van der Waals surface area contributed by atoms with E-state index in [2.05, 4.69) is 6.92 Å². The largest absolute Gasteiger partial charge is 0.340 e. The van der Waals surface area contributed by atoms with Gasteiger partial charge in [-0.25, -0.2) is 8.42 Å². The molecule has 1 heterocycles. The average Bonchev–Trinajstić information content (AvgIpc) is 3.26. The molecule has 1 aliphatic heterocycles. The van der Waals surface area contributed by atoms with Gasteiger partial charge in [-0.2, -0.15) is 4.31 Å². The molecule has 1 amide bonds. The summed E-state index contributed by atoms with van der Waals surface area (Å²) in [6.45, 7) is 7.71. The zero-order chi connectivity index (χ0) is 16.8. The Hall–Kier alpha value is -1.40. The molecule has 1 saturated heterocycles. The van der Waals surface area contributed by atoms with Crippen molar-refractivity contribution >= 4 is 15.9 Å². The molecule has 2 fully saturated rings. The SMILES string of the molecule is Cc1ccc(S(=O)(=O)N2CCN(C(=O)[C@H]3C[C@H]3C)CC2)cc1C. The fourth-order valence-electron chi connectivity index (χ4n) is 3.07. The Morgan fingerprint density at radius 1 is 1.09 bits per heavy atom. The van der Waals surface area contributed by atoms with E-state index in [1.54, 1.807) is 12.1 Å². The van der Waals surface area contributed by atoms with Crippen molar-refractivity contribution in [2.24, 2.45) is 11.8 Å². The van der Waals surface area contributed by atoms with E-state index in [1.807, 2.05) is 24.8 Å². The van der Waals surface area contributed by atoms with E-state index in [-0.39, 0.29) is 11.8 Å². The molecule has 0 spiro atoms. The summed E-state index contributed by atoms with van der Waals surface area (Å²) >= 11 is 0. The van der Waals surface area contributed by atoms with Crippen LogP contribution in [-0.2, 0) is 14.8 Å². The van der Waals surface area contributed by atoms with Gasteiger partial charge in [-0.15, -0.1) is 0 Å². The highest BCUT2D eigenvalue weighted by molar-refractivity contribution is 7.89. The van der Waals surface area contributed by atoms with E-state index in [4.69, 9.17) is 0 Å². The standard InChI is InChI=1S/C17H24N2O3S/c1-12-4-5-15(10-13(12)2)23(21,22)19-8-6-18(7-9-19)17(20)16-11-14(16)3/h4-5,10,14,16H,6-9,11H2,1-3H3/t14-,16+/m1/s1. The van der Waals surface area contributed by atoms with Crippen LogP contribution < -0.4 is 0 Å². The number of carbonyl (C=O) groups is 1. The van der Waals surface area contributed by atoms with E-state index in [9.17, 15) is 13.2 Å². The van der Waals surface area contributed by atoms with E-state index < -0.39 is 10.0 Å². The van der Waals surface area contributed by atoms with Crippen LogP contribution in [-0.4, -0.2) is 49.7 Å². The van der Waals surface area contributed by atoms with Gasteiger partial charge in [0.1, 0.15) is 0 Å². The fourth-order valence-corrected chi connectivity index (χ4v) is 4.58. The molecule has 2 aliphatic rings. The first-order valence-electron chi connectivity index (χ1n) is 8.17. The Kier molecular flexibility index (Phi) is 4.23. The molecule has 2 atom stereocenters. The van der Waals surface area contributed by atoms with Crippen LogP contribution in [0.25, 0.3) is 0 Å². The Morgan fingerprint density at radius 2 is 1.70 bits per heavy atom. The van der Waals surface area contributed by atoms with Crippen LogP contribution in [0.2, 0.25) is 0 Å². The van der Waals surface area contributed by atoms with E-state index in [0.717, 1.165) is 17.5 Å². The molecule has 6 heteroatoms. The highest BCUT2D eigenvalue weighted by Crippen LogP contribution is 2.39. The number of amides is 1. The van der Waals surface area contributed by atoms with E-state index in [1.165, 1.54) is 4.31 Å². The molecule has 0 aromatic heterocycles. The molecule has 1 aromatic rings. The smallest absolute Gasteiger partial charge is 0.243 e. The second kappa shape index (κ2) is 5.91. The number of carbonyl (C=O) groups excluding carboxylic acids is 1. The van der Waals surface area contributed by atoms with Crippen molar-refractivity contribution < 1.29 is 13.2 Å². The maximum Gasteiger partial charge on any atom is 0.243 e. The molecule has 23 heavy (non-hydrogen) atoms. The van der Waals surface area contributed by atoms with Crippen molar-refractivity contribution in [2.45, 2.75) is 32.1 Å². The second-order valence-corrected chi connectivity index (χ2v) is 8.73. The topological polar surface area (TPSA) is 57.7 Å². The van der Waals surface area contributed by atoms with Crippen molar-refractivity contribution in [3.8, 4) is 0 Å². The zero-order valence-corrected chi connectivity index (χ0v) is 14.8. The number of aryl methyl sites for hydroxylation is 2. The lowest BCUT2D eigenvalue weighted by atomic mass is 10.1. The molecular formula is C17H24N2O3S. The van der Waals surface area contributed by atoms with Gasteiger partial charge in [0.25, 0.3) is 0 Å². The van der Waals surface area contributed by atoms with Crippen LogP contribution in [0.1, 0.15) is 24.5 Å². The highest BCUT2D eigenvalue weighted by Gasteiger charge is 2.42. The highest BCUT2D eigenvalue weighted by atomic mass is 32.2. The third-order valence-electron chi connectivity index (χ3n) is 5.09. The Bertz CT molecular complexity index is 721. The minimum atomic E-state index is -3.47. The molecule has 0 radical (unpaired) electrons. The zero-order valence-electron chi connectivity index (χ0n) is 13.9. The summed E-state index contributed by atoms with van der Waals surface area (Å²) < 4.78 is 27.0. The minimum Gasteiger partial charge on any atom is -0.340 e. The normalized spacial score (nSPS) is 25.4. The van der Waals surface area contributed by atoms with Gasteiger partial charge in [-0.3, -0.25) is 4.79 Å². The van der Waals surface area contributed by atoms with Crippen molar-refractivity contribution in [2.75, 3.05) is 26.2 Å². The van der Waals surface area contributed by atoms with Gasteiger partial charge in [0.2, 0.25) is 15.9 Å². The molecule has 1 saturated carbocycles. The van der Waals surface area contributed by atoms with Crippen molar-refractivity contribution in [1.82, 2.24) is 9.21 Å². The molecule has 5 nitrogen and oxygen atoms in total. The molecule has 0 bridgehead atoms. The first-order chi connectivity index (χ1) is 10.8. The molecule has 0 unspecified atom stereocenters. The summed E-state index contributed by atoms with van der Waals surface area (Å²) in [5.74, 6) is 0.846. The summed E-state index contributed by atoms with van der Waals surface area (Å²) in [6.07, 6.45) is 0.972. The molecule has 1 aliphatic carbocycles. The van der Waals surface area contributed by atoms with Gasteiger partial charge in [0.15, 0.2) is 0 Å². The minimum absolute atomic E-state index is 0.165. The van der Waals surface area contributed by atoms with Gasteiger partial charge >= 0.3 is 0 Å². The van der Waals surface area contributed by atoms with Crippen LogP contribution >= 0.6 is 0 Å². The van der Waals surface area contributed by atoms with Crippen LogP contribution in [0.5, 0.6) is 0 Å². The summed E-state index contributed by atoms with van der Waals surface area (Å²) in [5.41, 5.74) is 2.06. The van der Waals surface area contributed by atoms with Gasteiger partial charge in [0.05, 0.1) is 4.90 Å². The van der Waals surface area contributed by atoms with Crippen LogP contribution in [0.3, 0.4) is 0 Å². The number of benzene rings is 1. The van der Waals surface area contributed by atoms with Gasteiger partial charge in [-0.1, -0.05) is 13.0 Å². The third kappa shape index (κ3) is 3.15. The predicted octanol–water partition coefficient (Wildman–Crippen LogP) is 1.79. The van der Waals surface area contributed by atoms with Crippen molar-refractivity contribution in [1.29, 1.82) is 0 Å². The number of rotatable bonds is 3. The molecule has 126 valence electrons. The summed E-state index contributed by atoms with van der Waals surface area (Å²) in [7, 11) is -3.47. The van der Waals surface area contributed by atoms with Gasteiger partial charge < -0.3 is 4.90 Å². The van der Waals surface area contributed by atoms with Crippen LogP contribution in [0, 0.1) is 25.7 Å². The van der Waals surface area contributed by atoms with Crippen LogP contribution in [0.4, 0.5) is 0 Å². The van der Waals surface area contributed by atoms with Crippen molar-refractivity contribution in [3.05, 3.63) is 29.3 Å². The fraction of sp³-hybridized carbons (Fsp3) is 0.588. The Morgan fingerprint density at radius 3 is 2.22 bits per heavy atom. The van der Waals surface area contributed by atoms with Crippen molar-refractivity contribution in [3.63, 3.8) is 0 Å². The molecular weight excluding hydrogens is 312 g/mol. The lowest BCUT2D eigenvalue weighted by molar-refractivity contribution is -0.134. The Balaban J connectivity index is 1.68. The van der Waals surface area contributed by atoms with Crippen LogP contribution in [0.15, 0.2) is 23.1 Å². The molecule has 0 N–H and O–H groups in total. The quantitative estimate of drug-likeness (QED) is 0.846. The number of piperazine rings is 1. The summed E-state index contributed by atoms with van der Waals surface area (Å²) in [5, 5.41) is 0. The first-order valence-corrected chi connectivity index (χ1v) is 9.61. The second-order valence-electron chi connectivity index (χ2n) is 6.79. The monoisotopic (exact) mass is 336 g/mol. The molecule has 3 rings (SSSR count).